The molecule has 7 heteroatoms. The largest absolute Gasteiger partial charge is 0.496 e. The average molecular weight is 357 g/mol. The summed E-state index contributed by atoms with van der Waals surface area (Å²) in [5, 5.41) is 5.64. The second kappa shape index (κ2) is 6.38. The van der Waals surface area contributed by atoms with Crippen LogP contribution in [0.2, 0.25) is 5.02 Å². The van der Waals surface area contributed by atoms with Crippen LogP contribution in [0.15, 0.2) is 48.7 Å². The van der Waals surface area contributed by atoms with Gasteiger partial charge in [-0.15, -0.1) is 0 Å². The van der Waals surface area contributed by atoms with Gasteiger partial charge in [-0.2, -0.15) is 0 Å². The molecule has 0 aliphatic carbocycles. The molecule has 2 aliphatic heterocycles. The molecule has 2 atom stereocenters. The van der Waals surface area contributed by atoms with Crippen molar-refractivity contribution in [3.8, 4) is 5.75 Å². The molecule has 0 radical (unpaired) electrons. The molecule has 1 aromatic carbocycles. The van der Waals surface area contributed by atoms with E-state index in [9.17, 15) is 4.79 Å². The number of pyridine rings is 1. The minimum absolute atomic E-state index is 0.0483. The first kappa shape index (κ1) is 15.9. The average Bonchev–Trinajstić information content (AvgIpc) is 3.07. The van der Waals surface area contributed by atoms with Gasteiger partial charge in [0, 0.05) is 35.1 Å². The van der Waals surface area contributed by atoms with Crippen LogP contribution in [0.4, 0.5) is 0 Å². The summed E-state index contributed by atoms with van der Waals surface area (Å²) in [6, 6.07) is 11.2. The number of benzene rings is 1. The summed E-state index contributed by atoms with van der Waals surface area (Å²) >= 11 is 6.04. The minimum atomic E-state index is -0.220. The number of hydrazine groups is 1. The predicted molar refractivity (Wildman–Crippen MR) is 94.7 cm³/mol. The van der Waals surface area contributed by atoms with Crippen LogP contribution in [0.3, 0.4) is 0 Å². The molecule has 6 nitrogen and oxygen atoms in total. The molecule has 2 aliphatic rings. The maximum Gasteiger partial charge on any atom is 0.264 e. The van der Waals surface area contributed by atoms with Gasteiger partial charge < -0.3 is 10.1 Å². The van der Waals surface area contributed by atoms with Gasteiger partial charge in [-0.3, -0.25) is 14.8 Å². The summed E-state index contributed by atoms with van der Waals surface area (Å²) in [7, 11) is 1.58. The van der Waals surface area contributed by atoms with Gasteiger partial charge >= 0.3 is 0 Å². The van der Waals surface area contributed by atoms with Gasteiger partial charge in [0.15, 0.2) is 0 Å². The lowest BCUT2D eigenvalue weighted by Crippen LogP contribution is -2.52. The lowest BCUT2D eigenvalue weighted by atomic mass is 9.99. The van der Waals surface area contributed by atoms with E-state index in [1.807, 2.05) is 24.3 Å². The van der Waals surface area contributed by atoms with E-state index in [0.717, 1.165) is 11.3 Å². The lowest BCUT2D eigenvalue weighted by molar-refractivity contribution is -0.130. The topological polar surface area (TPSA) is 66.5 Å². The van der Waals surface area contributed by atoms with E-state index >= 15 is 0 Å². The molecule has 4 rings (SSSR count). The molecule has 1 saturated heterocycles. The third-order valence-corrected chi connectivity index (χ3v) is 4.71. The van der Waals surface area contributed by atoms with E-state index in [1.165, 1.54) is 0 Å². The fourth-order valence-corrected chi connectivity index (χ4v) is 3.43. The standard InChI is InChI=1S/C18H17ClN4O2/c1-25-16-8-11(19)5-6-12(16)15-9-17(24)23-18(22-15)13(10-21-23)14-4-2-3-7-20-14/h2-9,13,18,21-22H,10H2,1H3. The van der Waals surface area contributed by atoms with Crippen LogP contribution >= 0.6 is 11.6 Å². The third-order valence-electron chi connectivity index (χ3n) is 4.47. The summed E-state index contributed by atoms with van der Waals surface area (Å²) < 4.78 is 5.42. The number of fused-ring (bicyclic) bond motifs is 1. The molecule has 2 unspecified atom stereocenters. The van der Waals surface area contributed by atoms with Crippen LogP contribution < -0.4 is 15.5 Å². The Bertz CT molecular complexity index is 840. The van der Waals surface area contributed by atoms with Crippen LogP contribution in [0, 0.1) is 0 Å². The molecule has 0 saturated carbocycles. The number of aromatic nitrogens is 1. The first-order chi connectivity index (χ1) is 12.2. The number of hydrogen-bond donors (Lipinski definition) is 2. The van der Waals surface area contributed by atoms with Crippen LogP contribution in [-0.2, 0) is 4.79 Å². The van der Waals surface area contributed by atoms with Gasteiger partial charge in [-0.25, -0.2) is 5.43 Å². The Morgan fingerprint density at radius 1 is 1.32 bits per heavy atom. The van der Waals surface area contributed by atoms with E-state index in [4.69, 9.17) is 16.3 Å². The van der Waals surface area contributed by atoms with Gasteiger partial charge in [-0.1, -0.05) is 17.7 Å². The van der Waals surface area contributed by atoms with E-state index in [2.05, 4.69) is 15.7 Å². The normalized spacial score (nSPS) is 22.2. The van der Waals surface area contributed by atoms with Gasteiger partial charge in [0.2, 0.25) is 0 Å². The molecule has 0 bridgehead atoms. The van der Waals surface area contributed by atoms with Crippen molar-refractivity contribution >= 4 is 23.2 Å². The van der Waals surface area contributed by atoms with E-state index in [1.54, 1.807) is 36.5 Å². The number of nitrogens with zero attached hydrogens (tertiary/aromatic N) is 2. The molecule has 1 aromatic heterocycles. The summed E-state index contributed by atoms with van der Waals surface area (Å²) in [6.45, 7) is 0.638. The van der Waals surface area contributed by atoms with Crippen molar-refractivity contribution in [1.82, 2.24) is 20.7 Å². The quantitative estimate of drug-likeness (QED) is 0.882. The maximum absolute atomic E-state index is 12.6. The second-order valence-corrected chi connectivity index (χ2v) is 6.36. The Morgan fingerprint density at radius 2 is 2.20 bits per heavy atom. The first-order valence-corrected chi connectivity index (χ1v) is 8.35. The van der Waals surface area contributed by atoms with Crippen molar-refractivity contribution in [2.75, 3.05) is 13.7 Å². The highest BCUT2D eigenvalue weighted by molar-refractivity contribution is 6.30. The number of amides is 1. The summed E-state index contributed by atoms with van der Waals surface area (Å²) in [6.07, 6.45) is 3.11. The number of methoxy groups -OCH3 is 1. The van der Waals surface area contributed by atoms with Gasteiger partial charge in [0.05, 0.1) is 18.7 Å². The van der Waals surface area contributed by atoms with Crippen LogP contribution in [0.1, 0.15) is 17.2 Å². The fourth-order valence-electron chi connectivity index (χ4n) is 3.27. The Hall–Kier alpha value is -2.57. The van der Waals surface area contributed by atoms with Crippen molar-refractivity contribution < 1.29 is 9.53 Å². The molecule has 2 N–H and O–H groups in total. The SMILES string of the molecule is COc1cc(Cl)ccc1C1=CC(=O)N2NCC(c3ccccn3)C2N1. The molecule has 0 spiro atoms. The molecule has 3 heterocycles. The zero-order valence-corrected chi connectivity index (χ0v) is 14.3. The molecular weight excluding hydrogens is 340 g/mol. The Labute approximate surface area is 150 Å². The molecule has 1 fully saturated rings. The monoisotopic (exact) mass is 356 g/mol. The fraction of sp³-hybridized carbons (Fsp3) is 0.222. The zero-order chi connectivity index (χ0) is 17.4. The third kappa shape index (κ3) is 2.83. The number of ether oxygens (including phenoxy) is 1. The summed E-state index contributed by atoms with van der Waals surface area (Å²) in [5.41, 5.74) is 5.60. The molecule has 2 aromatic rings. The van der Waals surface area contributed by atoms with Crippen molar-refractivity contribution in [1.29, 1.82) is 0 Å². The Morgan fingerprint density at radius 3 is 2.96 bits per heavy atom. The molecular formula is C18H17ClN4O2. The molecule has 1 amide bonds. The number of carbonyl (C=O) groups is 1. The lowest BCUT2D eigenvalue weighted by Gasteiger charge is -2.33. The van der Waals surface area contributed by atoms with Crippen molar-refractivity contribution in [2.45, 2.75) is 12.1 Å². The number of rotatable bonds is 3. The van der Waals surface area contributed by atoms with Crippen molar-refractivity contribution in [3.05, 3.63) is 65.0 Å². The smallest absolute Gasteiger partial charge is 0.264 e. The Kier molecular flexibility index (Phi) is 4.07. The van der Waals surface area contributed by atoms with Crippen LogP contribution in [0.5, 0.6) is 5.75 Å². The van der Waals surface area contributed by atoms with E-state index in [0.29, 0.717) is 23.0 Å². The van der Waals surface area contributed by atoms with Crippen molar-refractivity contribution in [3.63, 3.8) is 0 Å². The first-order valence-electron chi connectivity index (χ1n) is 7.97. The summed E-state index contributed by atoms with van der Waals surface area (Å²) in [5.74, 6) is 0.564. The van der Waals surface area contributed by atoms with Crippen LogP contribution in [-0.4, -0.2) is 35.7 Å². The minimum Gasteiger partial charge on any atom is -0.496 e. The number of halogens is 1. The van der Waals surface area contributed by atoms with Crippen molar-refractivity contribution in [2.24, 2.45) is 0 Å². The predicted octanol–water partition coefficient (Wildman–Crippen LogP) is 2.14. The van der Waals surface area contributed by atoms with Gasteiger partial charge in [0.1, 0.15) is 11.9 Å². The van der Waals surface area contributed by atoms with Crippen LogP contribution in [0.25, 0.3) is 5.70 Å². The highest BCUT2D eigenvalue weighted by Crippen LogP contribution is 2.33. The molecule has 128 valence electrons. The van der Waals surface area contributed by atoms with Gasteiger partial charge in [0.25, 0.3) is 5.91 Å². The van der Waals surface area contributed by atoms with E-state index < -0.39 is 0 Å². The maximum atomic E-state index is 12.6. The van der Waals surface area contributed by atoms with E-state index in [-0.39, 0.29) is 18.0 Å². The number of hydrogen-bond acceptors (Lipinski definition) is 5. The highest BCUT2D eigenvalue weighted by Gasteiger charge is 2.41. The number of nitrogens with one attached hydrogen (secondary N) is 2. The second-order valence-electron chi connectivity index (χ2n) is 5.92. The summed E-state index contributed by atoms with van der Waals surface area (Å²) in [4.78, 5) is 17.0. The van der Waals surface area contributed by atoms with Gasteiger partial charge in [-0.05, 0) is 30.3 Å². The number of carbonyl (C=O) groups excluding carboxylic acids is 1. The highest BCUT2D eigenvalue weighted by atomic mass is 35.5. The Balaban J connectivity index is 1.69. The zero-order valence-electron chi connectivity index (χ0n) is 13.6. The molecule has 25 heavy (non-hydrogen) atoms.